The van der Waals surface area contributed by atoms with Gasteiger partial charge in [0.25, 0.3) is 0 Å². The van der Waals surface area contributed by atoms with Gasteiger partial charge in [-0.1, -0.05) is 54.1 Å². The average molecular weight is 874 g/mol. The fourth-order valence-corrected chi connectivity index (χ4v) is 7.32. The third-order valence-corrected chi connectivity index (χ3v) is 10.2. The van der Waals surface area contributed by atoms with Gasteiger partial charge in [0.05, 0.1) is 30.0 Å². The summed E-state index contributed by atoms with van der Waals surface area (Å²) in [5.74, 6) is 0.593. The Morgan fingerprint density at radius 1 is 1.04 bits per heavy atom. The minimum atomic E-state index is -0.682. The highest BCUT2D eigenvalue weighted by Crippen LogP contribution is 2.35. The van der Waals surface area contributed by atoms with Crippen LogP contribution in [0.2, 0.25) is 5.02 Å². The number of benzene rings is 3. The van der Waals surface area contributed by atoms with Crippen molar-refractivity contribution in [2.75, 3.05) is 44.6 Å². The maximum absolute atomic E-state index is 13.2. The molecule has 13 nitrogen and oxygen atoms in total. The summed E-state index contributed by atoms with van der Waals surface area (Å²) in [6, 6.07) is 19.8. The largest absolute Gasteiger partial charge is 0.444 e. The van der Waals surface area contributed by atoms with E-state index in [1.165, 1.54) is 0 Å². The van der Waals surface area contributed by atoms with Crippen LogP contribution in [0.15, 0.2) is 73.1 Å². The monoisotopic (exact) mass is 873 g/mol. The molecule has 2 amide bonds. The molecule has 1 atom stereocenters. The van der Waals surface area contributed by atoms with Crippen molar-refractivity contribution in [3.8, 4) is 22.4 Å². The quantitative estimate of drug-likeness (QED) is 0.0391. The third-order valence-electron chi connectivity index (χ3n) is 8.01. The number of fused-ring (bicyclic) bond motifs is 1. The van der Waals surface area contributed by atoms with Crippen LogP contribution in [0.4, 0.5) is 10.5 Å². The van der Waals surface area contributed by atoms with Crippen molar-refractivity contribution in [1.82, 2.24) is 34.5 Å². The zero-order valence-electron chi connectivity index (χ0n) is 30.7. The third kappa shape index (κ3) is 11.3. The predicted molar refractivity (Wildman–Crippen MR) is 222 cm³/mol. The predicted octanol–water partition coefficient (Wildman–Crippen LogP) is 8.02. The second-order valence-corrected chi connectivity index (χ2v) is 16.0. The Morgan fingerprint density at radius 2 is 1.81 bits per heavy atom. The molecule has 0 bridgehead atoms. The fraction of sp³-hybridized carbons (Fsp3) is 0.351. The molecule has 2 heterocycles. The molecule has 3 aromatic carbocycles. The molecule has 0 saturated carbocycles. The van der Waals surface area contributed by atoms with E-state index in [1.807, 2.05) is 93.1 Å². The van der Waals surface area contributed by atoms with E-state index in [0.29, 0.717) is 30.9 Å². The number of rotatable bonds is 16. The van der Waals surface area contributed by atoms with Gasteiger partial charge in [-0.2, -0.15) is 20.7 Å². The van der Waals surface area contributed by atoms with Gasteiger partial charge in [0.15, 0.2) is 0 Å². The number of aryl methyl sites for hydroxylation is 1. The number of anilines is 1. The number of hydrogen-bond donors (Lipinski definition) is 3. The molecular formula is C37H46ClIN9O4P. The Morgan fingerprint density at radius 3 is 2.51 bits per heavy atom. The summed E-state index contributed by atoms with van der Waals surface area (Å²) in [6.45, 7) is 8.88. The average Bonchev–Trinajstić information content (AvgIpc) is 3.71. The normalized spacial score (nSPS) is 11.8. The Hall–Kier alpha value is -3.95. The van der Waals surface area contributed by atoms with E-state index >= 15 is 0 Å². The number of aromatic nitrogens is 4. The van der Waals surface area contributed by atoms with Gasteiger partial charge in [0.2, 0.25) is 5.91 Å². The van der Waals surface area contributed by atoms with Gasteiger partial charge in [0, 0.05) is 73.9 Å². The summed E-state index contributed by atoms with van der Waals surface area (Å²) >= 11 is 8.98. The van der Waals surface area contributed by atoms with E-state index in [9.17, 15) is 9.59 Å². The molecule has 5 rings (SSSR count). The molecule has 3 N–H and O–H groups in total. The number of imidazole rings is 1. The number of amides is 2. The number of nitrogens with one attached hydrogen (secondary N) is 3. The van der Waals surface area contributed by atoms with Gasteiger partial charge in [-0.3, -0.25) is 4.79 Å². The summed E-state index contributed by atoms with van der Waals surface area (Å²) in [7, 11) is 3.57. The minimum absolute atomic E-state index is 0.127. The van der Waals surface area contributed by atoms with Crippen LogP contribution in [0.25, 0.3) is 33.3 Å². The molecule has 0 saturated heterocycles. The van der Waals surface area contributed by atoms with E-state index in [4.69, 9.17) is 26.3 Å². The second-order valence-electron chi connectivity index (χ2n) is 13.6. The lowest BCUT2D eigenvalue weighted by Gasteiger charge is -2.27. The number of carbonyl (C=O) groups is 2. The highest BCUT2D eigenvalue weighted by Gasteiger charge is 2.23. The lowest BCUT2D eigenvalue weighted by molar-refractivity contribution is -0.121. The first-order valence-corrected chi connectivity index (χ1v) is 21.6. The maximum Gasteiger partial charge on any atom is 0.410 e. The van der Waals surface area contributed by atoms with Gasteiger partial charge < -0.3 is 20.3 Å². The van der Waals surface area contributed by atoms with Gasteiger partial charge in [0.1, 0.15) is 11.4 Å². The Labute approximate surface area is 329 Å². The van der Waals surface area contributed by atoms with E-state index in [1.54, 1.807) is 28.7 Å². The molecule has 16 heteroatoms. The summed E-state index contributed by atoms with van der Waals surface area (Å²) in [5, 5.41) is 14.3. The van der Waals surface area contributed by atoms with E-state index in [-0.39, 0.29) is 25.4 Å². The lowest BCUT2D eigenvalue weighted by Crippen LogP contribution is -2.39. The van der Waals surface area contributed by atoms with Crippen LogP contribution < -0.4 is 16.2 Å². The van der Waals surface area contributed by atoms with Crippen LogP contribution >= 0.6 is 40.0 Å². The van der Waals surface area contributed by atoms with Crippen molar-refractivity contribution in [2.24, 2.45) is 0 Å². The molecule has 2 aromatic heterocycles. The number of ether oxygens (including phenoxy) is 1. The highest BCUT2D eigenvalue weighted by molar-refractivity contribution is 14.2. The highest BCUT2D eigenvalue weighted by atomic mass is 127. The van der Waals surface area contributed by atoms with Crippen LogP contribution in [-0.4, -0.2) is 80.5 Å². The topological polar surface area (TPSA) is 131 Å². The van der Waals surface area contributed by atoms with Crippen LogP contribution in [0.3, 0.4) is 0 Å². The number of carbonyl (C=O) groups excluding carboxylic acids is 2. The van der Waals surface area contributed by atoms with Crippen molar-refractivity contribution in [2.45, 2.75) is 52.7 Å². The fourth-order valence-electron chi connectivity index (χ4n) is 5.47. The van der Waals surface area contributed by atoms with E-state index in [2.05, 4.69) is 55.5 Å². The van der Waals surface area contributed by atoms with Crippen molar-refractivity contribution >= 4 is 68.6 Å². The van der Waals surface area contributed by atoms with Crippen LogP contribution in [0.1, 0.15) is 45.0 Å². The molecule has 0 spiro atoms. The number of nitrogens with zero attached hydrogens (tertiary/aromatic N) is 6. The molecule has 5 aromatic rings. The summed E-state index contributed by atoms with van der Waals surface area (Å²) in [5.41, 5.74) is 8.59. The van der Waals surface area contributed by atoms with E-state index < -0.39 is 11.7 Å². The summed E-state index contributed by atoms with van der Waals surface area (Å²) in [6.07, 6.45) is 4.50. The van der Waals surface area contributed by atoms with Gasteiger partial charge in [-0.25, -0.2) is 18.9 Å². The van der Waals surface area contributed by atoms with Gasteiger partial charge in [-0.15, -0.1) is 0 Å². The summed E-state index contributed by atoms with van der Waals surface area (Å²) < 4.78 is 9.37. The lowest BCUT2D eigenvalue weighted by atomic mass is 10.0. The second kappa shape index (κ2) is 18.4. The SMILES string of the molecule is Cc1nc(-c2cc(NCCCNC(=O)CCN(Cc3ccc(-c4ccccc4)c(Cl)c3)C(=O)OC(C)(C)C)c3cnn(PI)c3c2)cn1NON(C)C. The standard InChI is InChI=1S/C37H46ClIN9O4P/c1-25-43-33(24-47(25)44-52-45(5)6)28-20-32(30-22-42-48(53-39)34(30)21-28)40-16-10-17-41-35(49)15-18-46(36(50)51-37(2,3)4)23-26-13-14-29(31(38)19-26)27-11-8-7-9-12-27/h7-9,11-14,19-22,24,40,44,53H,10,15-18,23H2,1-6H3,(H,41,49). The molecule has 53 heavy (non-hydrogen) atoms. The molecule has 0 radical (unpaired) electrons. The first-order valence-electron chi connectivity index (χ1n) is 17.2. The van der Waals surface area contributed by atoms with Crippen molar-refractivity contribution in [3.05, 3.63) is 89.5 Å². The zero-order chi connectivity index (χ0) is 38.1. The molecule has 0 aliphatic rings. The zero-order valence-corrected chi connectivity index (χ0v) is 34.7. The smallest absolute Gasteiger partial charge is 0.410 e. The van der Waals surface area contributed by atoms with Crippen LogP contribution in [-0.2, 0) is 21.0 Å². The van der Waals surface area contributed by atoms with Gasteiger partial charge in [-0.05, 0) is 85.5 Å². The Balaban J connectivity index is 1.17. The number of hydrogen-bond acceptors (Lipinski definition) is 9. The minimum Gasteiger partial charge on any atom is -0.444 e. The number of halogens is 2. The Kier molecular flexibility index (Phi) is 14.0. The van der Waals surface area contributed by atoms with Crippen molar-refractivity contribution in [3.63, 3.8) is 0 Å². The molecule has 282 valence electrons. The Bertz CT molecular complexity index is 2020. The maximum atomic E-state index is 13.2. The first-order chi connectivity index (χ1) is 25.3. The molecule has 0 fully saturated rings. The van der Waals surface area contributed by atoms with Crippen LogP contribution in [0, 0.1) is 6.92 Å². The molecule has 0 aliphatic heterocycles. The number of hydroxylamine groups is 2. The van der Waals surface area contributed by atoms with Gasteiger partial charge >= 0.3 is 6.09 Å². The van der Waals surface area contributed by atoms with E-state index in [0.717, 1.165) is 50.4 Å². The molecular weight excluding hydrogens is 828 g/mol. The van der Waals surface area contributed by atoms with Crippen molar-refractivity contribution < 1.29 is 19.3 Å². The molecule has 0 aliphatic carbocycles. The first kappa shape index (κ1) is 40.2. The molecule has 1 unspecified atom stereocenters. The summed E-state index contributed by atoms with van der Waals surface area (Å²) in [4.78, 5) is 37.8. The van der Waals surface area contributed by atoms with Crippen LogP contribution in [0.5, 0.6) is 0 Å². The van der Waals surface area contributed by atoms with Crippen molar-refractivity contribution in [1.29, 1.82) is 0 Å².